The smallest absolute Gasteiger partial charge is 0.219 e. The largest absolute Gasteiger partial charge is 0.497 e. The number of ether oxygens (including phenoxy) is 3. The van der Waals surface area contributed by atoms with Gasteiger partial charge in [0, 0.05) is 44.6 Å². The minimum absolute atomic E-state index is 0.534. The van der Waals surface area contributed by atoms with Gasteiger partial charge in [0.15, 0.2) is 5.96 Å². The lowest BCUT2D eigenvalue weighted by Crippen LogP contribution is -2.38. The van der Waals surface area contributed by atoms with Crippen LogP contribution >= 0.6 is 0 Å². The van der Waals surface area contributed by atoms with Crippen molar-refractivity contribution in [1.29, 1.82) is 0 Å². The molecule has 7 heteroatoms. The van der Waals surface area contributed by atoms with Crippen LogP contribution in [0.15, 0.2) is 47.6 Å². The third-order valence-electron chi connectivity index (χ3n) is 4.63. The maximum absolute atomic E-state index is 5.78. The molecule has 1 aliphatic rings. The molecule has 1 aromatic carbocycles. The lowest BCUT2D eigenvalue weighted by molar-refractivity contribution is 0.123. The van der Waals surface area contributed by atoms with Crippen LogP contribution in [0, 0.1) is 5.92 Å². The van der Waals surface area contributed by atoms with E-state index in [4.69, 9.17) is 14.2 Å². The second-order valence-corrected chi connectivity index (χ2v) is 7.28. The molecule has 3 rings (SSSR count). The SMILES string of the molecule is CCNC(=NCc1ccc(Oc2cccc(OC)c2)nc1)NCCCOCC1CC1. The zero-order valence-corrected chi connectivity index (χ0v) is 17.9. The molecule has 0 saturated heterocycles. The third-order valence-corrected chi connectivity index (χ3v) is 4.63. The van der Waals surface area contributed by atoms with Gasteiger partial charge >= 0.3 is 0 Å². The average molecular weight is 413 g/mol. The van der Waals surface area contributed by atoms with Crippen LogP contribution in [0.25, 0.3) is 0 Å². The highest BCUT2D eigenvalue weighted by Crippen LogP contribution is 2.28. The summed E-state index contributed by atoms with van der Waals surface area (Å²) in [6, 6.07) is 11.3. The van der Waals surface area contributed by atoms with E-state index in [2.05, 4.69) is 27.5 Å². The molecule has 1 heterocycles. The molecule has 2 N–H and O–H groups in total. The zero-order chi connectivity index (χ0) is 21.0. The van der Waals surface area contributed by atoms with Crippen molar-refractivity contribution in [3.8, 4) is 17.4 Å². The number of aliphatic imine (C=N–C) groups is 1. The van der Waals surface area contributed by atoms with Gasteiger partial charge in [-0.25, -0.2) is 9.98 Å². The molecule has 1 aromatic heterocycles. The van der Waals surface area contributed by atoms with Gasteiger partial charge in [0.05, 0.1) is 13.7 Å². The van der Waals surface area contributed by atoms with Crippen LogP contribution in [0.4, 0.5) is 0 Å². The number of hydrogen-bond acceptors (Lipinski definition) is 5. The second-order valence-electron chi connectivity index (χ2n) is 7.28. The normalized spacial score (nSPS) is 13.7. The second kappa shape index (κ2) is 12.0. The molecule has 0 spiro atoms. The van der Waals surface area contributed by atoms with Crippen molar-refractivity contribution in [1.82, 2.24) is 15.6 Å². The van der Waals surface area contributed by atoms with E-state index in [-0.39, 0.29) is 0 Å². The number of benzene rings is 1. The van der Waals surface area contributed by atoms with Crippen LogP contribution in [-0.2, 0) is 11.3 Å². The van der Waals surface area contributed by atoms with Gasteiger partial charge in [0.25, 0.3) is 0 Å². The van der Waals surface area contributed by atoms with Crippen LogP contribution in [0.2, 0.25) is 0 Å². The van der Waals surface area contributed by atoms with Crippen molar-refractivity contribution < 1.29 is 14.2 Å². The minimum atomic E-state index is 0.534. The van der Waals surface area contributed by atoms with Crippen molar-refractivity contribution in [2.75, 3.05) is 33.4 Å². The van der Waals surface area contributed by atoms with Crippen LogP contribution in [0.3, 0.4) is 0 Å². The molecule has 0 unspecified atom stereocenters. The van der Waals surface area contributed by atoms with E-state index >= 15 is 0 Å². The maximum atomic E-state index is 5.78. The van der Waals surface area contributed by atoms with Gasteiger partial charge in [0.1, 0.15) is 11.5 Å². The van der Waals surface area contributed by atoms with Crippen molar-refractivity contribution >= 4 is 5.96 Å². The quantitative estimate of drug-likeness (QED) is 0.314. The summed E-state index contributed by atoms with van der Waals surface area (Å²) in [7, 11) is 1.63. The first kappa shape index (κ1) is 21.9. The van der Waals surface area contributed by atoms with E-state index < -0.39 is 0 Å². The Morgan fingerprint density at radius 2 is 2.03 bits per heavy atom. The molecule has 1 saturated carbocycles. The predicted molar refractivity (Wildman–Crippen MR) is 118 cm³/mol. The fraction of sp³-hybridized carbons (Fsp3) is 0.478. The Labute approximate surface area is 178 Å². The van der Waals surface area contributed by atoms with Crippen LogP contribution in [0.1, 0.15) is 31.7 Å². The van der Waals surface area contributed by atoms with E-state index in [1.165, 1.54) is 12.8 Å². The van der Waals surface area contributed by atoms with Gasteiger partial charge in [-0.15, -0.1) is 0 Å². The van der Waals surface area contributed by atoms with Crippen molar-refractivity contribution in [3.05, 3.63) is 48.2 Å². The Bertz CT molecular complexity index is 791. The van der Waals surface area contributed by atoms with Crippen LogP contribution in [-0.4, -0.2) is 44.4 Å². The number of methoxy groups -OCH3 is 1. The Hall–Kier alpha value is -2.80. The summed E-state index contributed by atoms with van der Waals surface area (Å²) in [6.07, 6.45) is 5.42. The molecule has 2 aromatic rings. The fourth-order valence-electron chi connectivity index (χ4n) is 2.78. The summed E-state index contributed by atoms with van der Waals surface area (Å²) in [5.41, 5.74) is 1.01. The monoisotopic (exact) mass is 412 g/mol. The van der Waals surface area contributed by atoms with Gasteiger partial charge in [-0.3, -0.25) is 0 Å². The van der Waals surface area contributed by atoms with Crippen molar-refractivity contribution in [2.24, 2.45) is 10.9 Å². The predicted octanol–water partition coefficient (Wildman–Crippen LogP) is 3.75. The lowest BCUT2D eigenvalue weighted by atomic mass is 10.3. The van der Waals surface area contributed by atoms with Gasteiger partial charge in [-0.1, -0.05) is 12.1 Å². The van der Waals surface area contributed by atoms with E-state index in [1.54, 1.807) is 13.3 Å². The van der Waals surface area contributed by atoms with E-state index in [0.717, 1.165) is 55.9 Å². The molecular formula is C23H32N4O3. The number of nitrogens with one attached hydrogen (secondary N) is 2. The molecule has 30 heavy (non-hydrogen) atoms. The molecule has 162 valence electrons. The standard InChI is InChI=1S/C23H32N4O3/c1-3-24-23(25-12-5-13-29-17-18-8-9-18)27-16-19-10-11-22(26-15-19)30-21-7-4-6-20(14-21)28-2/h4,6-7,10-11,14-15,18H,3,5,8-9,12-13,16-17H2,1-2H3,(H2,24,25,27). The summed E-state index contributed by atoms with van der Waals surface area (Å²) < 4.78 is 16.7. The molecule has 0 radical (unpaired) electrons. The number of pyridine rings is 1. The van der Waals surface area contributed by atoms with Gasteiger partial charge in [-0.2, -0.15) is 0 Å². The number of rotatable bonds is 12. The minimum Gasteiger partial charge on any atom is -0.497 e. The Morgan fingerprint density at radius 1 is 1.17 bits per heavy atom. The summed E-state index contributed by atoms with van der Waals surface area (Å²) in [5, 5.41) is 6.62. The summed E-state index contributed by atoms with van der Waals surface area (Å²) in [6.45, 7) is 5.96. The van der Waals surface area contributed by atoms with Crippen LogP contribution in [0.5, 0.6) is 17.4 Å². The number of aromatic nitrogens is 1. The van der Waals surface area contributed by atoms with Gasteiger partial charge in [0.2, 0.25) is 5.88 Å². The highest BCUT2D eigenvalue weighted by molar-refractivity contribution is 5.79. The summed E-state index contributed by atoms with van der Waals surface area (Å²) in [4.78, 5) is 9.01. The molecular weight excluding hydrogens is 380 g/mol. The number of guanidine groups is 1. The Kier molecular flexibility index (Phi) is 8.78. The van der Waals surface area contributed by atoms with E-state index in [1.807, 2.05) is 36.4 Å². The zero-order valence-electron chi connectivity index (χ0n) is 17.9. The number of nitrogens with zero attached hydrogens (tertiary/aromatic N) is 2. The Morgan fingerprint density at radius 3 is 2.77 bits per heavy atom. The molecule has 0 bridgehead atoms. The van der Waals surface area contributed by atoms with E-state index in [9.17, 15) is 0 Å². The third kappa shape index (κ3) is 7.91. The summed E-state index contributed by atoms with van der Waals surface area (Å²) in [5.74, 6) is 3.59. The average Bonchev–Trinajstić information content (AvgIpc) is 3.60. The van der Waals surface area contributed by atoms with Crippen molar-refractivity contribution in [2.45, 2.75) is 32.7 Å². The van der Waals surface area contributed by atoms with Gasteiger partial charge < -0.3 is 24.8 Å². The maximum Gasteiger partial charge on any atom is 0.219 e. The first-order chi connectivity index (χ1) is 14.8. The van der Waals surface area contributed by atoms with Crippen molar-refractivity contribution in [3.63, 3.8) is 0 Å². The Balaban J connectivity index is 1.43. The lowest BCUT2D eigenvalue weighted by Gasteiger charge is -2.11. The molecule has 0 atom stereocenters. The molecule has 7 nitrogen and oxygen atoms in total. The molecule has 0 aliphatic heterocycles. The highest BCUT2D eigenvalue weighted by atomic mass is 16.5. The first-order valence-electron chi connectivity index (χ1n) is 10.6. The highest BCUT2D eigenvalue weighted by Gasteiger charge is 2.20. The summed E-state index contributed by atoms with van der Waals surface area (Å²) >= 11 is 0. The molecule has 1 fully saturated rings. The fourth-order valence-corrected chi connectivity index (χ4v) is 2.78. The first-order valence-corrected chi connectivity index (χ1v) is 10.6. The number of hydrogen-bond donors (Lipinski definition) is 2. The van der Waals surface area contributed by atoms with Gasteiger partial charge in [-0.05, 0) is 49.8 Å². The topological polar surface area (TPSA) is 77.0 Å². The van der Waals surface area contributed by atoms with E-state index in [0.29, 0.717) is 18.2 Å². The molecule has 0 amide bonds. The molecule has 1 aliphatic carbocycles. The van der Waals surface area contributed by atoms with Crippen LogP contribution < -0.4 is 20.1 Å².